The molecule has 0 N–H and O–H groups in total. The maximum absolute atomic E-state index is 11.8. The second-order valence-corrected chi connectivity index (χ2v) is 9.04. The van der Waals surface area contributed by atoms with Crippen LogP contribution in [0.3, 0.4) is 0 Å². The van der Waals surface area contributed by atoms with Crippen LogP contribution in [0.15, 0.2) is 0 Å². The van der Waals surface area contributed by atoms with Gasteiger partial charge in [0.05, 0.1) is 6.42 Å². The van der Waals surface area contributed by atoms with Crippen molar-refractivity contribution in [2.24, 2.45) is 16.7 Å². The van der Waals surface area contributed by atoms with E-state index in [0.717, 1.165) is 12.8 Å². The molecule has 0 aliphatic carbocycles. The molecule has 0 saturated carbocycles. The Kier molecular flexibility index (Phi) is 7.37. The lowest BCUT2D eigenvalue weighted by Gasteiger charge is -2.30. The average molecular weight is 302 g/mol. The zero-order chi connectivity index (χ0) is 16.9. The Bertz CT molecular complexity index is 324. The molecule has 0 rings (SSSR count). The lowest BCUT2D eigenvalue weighted by molar-refractivity contribution is -0.518. The predicted molar refractivity (Wildman–Crippen MR) is 84.3 cm³/mol. The van der Waals surface area contributed by atoms with Gasteiger partial charge in [-0.1, -0.05) is 48.5 Å². The molecule has 0 saturated heterocycles. The predicted octanol–water partition coefficient (Wildman–Crippen LogP) is 5.07. The summed E-state index contributed by atoms with van der Waals surface area (Å²) in [7, 11) is 0. The zero-order valence-electron chi connectivity index (χ0n) is 15.3. The standard InChI is InChI=1S/C17H34O4/c1-13(2)10-16(6,7)11-14(18)19-21-20-17(8,9)12-15(3,4)5/h13H,10-12H2,1-9H3. The number of rotatable bonds is 8. The van der Waals surface area contributed by atoms with E-state index in [1.54, 1.807) is 0 Å². The van der Waals surface area contributed by atoms with E-state index in [1.807, 2.05) is 13.8 Å². The van der Waals surface area contributed by atoms with E-state index < -0.39 is 11.6 Å². The maximum atomic E-state index is 11.8. The molecule has 4 nitrogen and oxygen atoms in total. The molecular formula is C17H34O4. The summed E-state index contributed by atoms with van der Waals surface area (Å²) in [5.74, 6) is 0.142. The van der Waals surface area contributed by atoms with Crippen LogP contribution < -0.4 is 0 Å². The van der Waals surface area contributed by atoms with Gasteiger partial charge in [0.25, 0.3) is 0 Å². The van der Waals surface area contributed by atoms with Crippen molar-refractivity contribution in [3.63, 3.8) is 0 Å². The van der Waals surface area contributed by atoms with E-state index in [-0.39, 0.29) is 10.8 Å². The second kappa shape index (κ2) is 7.59. The van der Waals surface area contributed by atoms with Crippen molar-refractivity contribution in [3.8, 4) is 0 Å². The molecule has 0 fully saturated rings. The summed E-state index contributed by atoms with van der Waals surface area (Å²) in [6.07, 6.45) is 2.06. The molecular weight excluding hydrogens is 268 g/mol. The molecule has 21 heavy (non-hydrogen) atoms. The molecule has 126 valence electrons. The Morgan fingerprint density at radius 1 is 1.00 bits per heavy atom. The lowest BCUT2D eigenvalue weighted by atomic mass is 9.81. The summed E-state index contributed by atoms with van der Waals surface area (Å²) in [6, 6.07) is 0. The van der Waals surface area contributed by atoms with E-state index in [1.165, 1.54) is 0 Å². The fourth-order valence-corrected chi connectivity index (χ4v) is 3.05. The minimum atomic E-state index is -0.508. The molecule has 0 radical (unpaired) electrons. The number of hydrogen-bond donors (Lipinski definition) is 0. The lowest BCUT2D eigenvalue weighted by Crippen LogP contribution is -2.31. The highest BCUT2D eigenvalue weighted by Gasteiger charge is 2.29. The highest BCUT2D eigenvalue weighted by molar-refractivity contribution is 5.69. The molecule has 0 atom stereocenters. The highest BCUT2D eigenvalue weighted by Crippen LogP contribution is 2.31. The van der Waals surface area contributed by atoms with Gasteiger partial charge < -0.3 is 0 Å². The molecule has 0 aliphatic rings. The third kappa shape index (κ3) is 11.7. The largest absolute Gasteiger partial charge is 0.346 e. The molecule has 0 aliphatic heterocycles. The highest BCUT2D eigenvalue weighted by atomic mass is 17.5. The fourth-order valence-electron chi connectivity index (χ4n) is 3.05. The molecule has 4 heteroatoms. The molecule has 0 bridgehead atoms. The van der Waals surface area contributed by atoms with Crippen LogP contribution in [0.25, 0.3) is 0 Å². The fraction of sp³-hybridized carbons (Fsp3) is 0.941. The normalized spacial score (nSPS) is 13.6. The van der Waals surface area contributed by atoms with Gasteiger partial charge in [0.1, 0.15) is 5.60 Å². The first-order valence-electron chi connectivity index (χ1n) is 7.78. The Morgan fingerprint density at radius 2 is 1.52 bits per heavy atom. The summed E-state index contributed by atoms with van der Waals surface area (Å²) in [6.45, 7) is 18.6. The Labute approximate surface area is 130 Å². The van der Waals surface area contributed by atoms with Crippen molar-refractivity contribution < 1.29 is 19.6 Å². The first-order valence-corrected chi connectivity index (χ1v) is 7.78. The Balaban J connectivity index is 4.15. The van der Waals surface area contributed by atoms with E-state index in [4.69, 9.17) is 14.8 Å². The second-order valence-electron chi connectivity index (χ2n) is 9.04. The third-order valence-corrected chi connectivity index (χ3v) is 2.93. The molecule has 0 unspecified atom stereocenters. The molecule has 0 amide bonds. The number of carbonyl (C=O) groups is 1. The van der Waals surface area contributed by atoms with E-state index in [0.29, 0.717) is 12.3 Å². The first kappa shape index (κ1) is 20.4. The molecule has 0 aromatic rings. The van der Waals surface area contributed by atoms with Crippen LogP contribution in [0.2, 0.25) is 0 Å². The van der Waals surface area contributed by atoms with Gasteiger partial charge in [0, 0.05) is 0 Å². The van der Waals surface area contributed by atoms with Crippen LogP contribution in [0.1, 0.15) is 81.6 Å². The van der Waals surface area contributed by atoms with E-state index in [9.17, 15) is 4.79 Å². The van der Waals surface area contributed by atoms with Gasteiger partial charge in [-0.3, -0.25) is 4.89 Å². The van der Waals surface area contributed by atoms with Gasteiger partial charge >= 0.3 is 5.97 Å². The van der Waals surface area contributed by atoms with Crippen LogP contribution in [-0.4, -0.2) is 11.6 Å². The first-order chi connectivity index (χ1) is 9.22. The van der Waals surface area contributed by atoms with Gasteiger partial charge in [-0.25, -0.2) is 4.79 Å². The molecule has 0 spiro atoms. The van der Waals surface area contributed by atoms with Crippen LogP contribution in [0.5, 0.6) is 0 Å². The van der Waals surface area contributed by atoms with Crippen LogP contribution in [-0.2, 0) is 19.6 Å². The van der Waals surface area contributed by atoms with Gasteiger partial charge in [0.2, 0.25) is 0 Å². The smallest absolute Gasteiger partial charge is 0.269 e. The Hall–Kier alpha value is -0.610. The summed E-state index contributed by atoms with van der Waals surface area (Å²) < 4.78 is 0. The van der Waals surface area contributed by atoms with Crippen molar-refractivity contribution in [1.82, 2.24) is 0 Å². The van der Waals surface area contributed by atoms with Crippen LogP contribution in [0.4, 0.5) is 0 Å². The SMILES string of the molecule is CC(C)CC(C)(C)CC(=O)OOOC(C)(C)CC(C)(C)C. The quantitative estimate of drug-likeness (QED) is 0.464. The monoisotopic (exact) mass is 302 g/mol. The van der Waals surface area contributed by atoms with Crippen molar-refractivity contribution in [2.75, 3.05) is 0 Å². The number of carbonyl (C=O) groups excluding carboxylic acids is 1. The average Bonchev–Trinajstić information content (AvgIpc) is 2.08. The van der Waals surface area contributed by atoms with Gasteiger partial charge in [-0.2, -0.15) is 4.89 Å². The van der Waals surface area contributed by atoms with Crippen molar-refractivity contribution in [1.29, 1.82) is 0 Å². The molecule has 0 aromatic carbocycles. The van der Waals surface area contributed by atoms with E-state index in [2.05, 4.69) is 48.5 Å². The minimum Gasteiger partial charge on any atom is -0.269 e. The minimum absolute atomic E-state index is 0.102. The summed E-state index contributed by atoms with van der Waals surface area (Å²) >= 11 is 0. The summed E-state index contributed by atoms with van der Waals surface area (Å²) in [4.78, 5) is 21.8. The van der Waals surface area contributed by atoms with E-state index >= 15 is 0 Å². The van der Waals surface area contributed by atoms with Crippen molar-refractivity contribution in [2.45, 2.75) is 87.2 Å². The molecule has 0 heterocycles. The van der Waals surface area contributed by atoms with Crippen LogP contribution in [0, 0.1) is 16.7 Å². The number of hydrogen-bond acceptors (Lipinski definition) is 4. The topological polar surface area (TPSA) is 44.8 Å². The Morgan fingerprint density at radius 3 is 1.95 bits per heavy atom. The maximum Gasteiger partial charge on any atom is 0.346 e. The molecule has 0 aromatic heterocycles. The third-order valence-electron chi connectivity index (χ3n) is 2.93. The zero-order valence-corrected chi connectivity index (χ0v) is 15.3. The van der Waals surface area contributed by atoms with Crippen molar-refractivity contribution in [3.05, 3.63) is 0 Å². The summed E-state index contributed by atoms with van der Waals surface area (Å²) in [5, 5.41) is 4.71. The van der Waals surface area contributed by atoms with Crippen molar-refractivity contribution >= 4 is 5.97 Å². The summed E-state index contributed by atoms with van der Waals surface area (Å²) in [5.41, 5.74) is -0.502. The van der Waals surface area contributed by atoms with Gasteiger partial charge in [-0.05, 0) is 48.5 Å². The van der Waals surface area contributed by atoms with Gasteiger partial charge in [0.15, 0.2) is 0 Å². The van der Waals surface area contributed by atoms with Gasteiger partial charge in [-0.15, -0.1) is 0 Å². The van der Waals surface area contributed by atoms with Crippen LogP contribution >= 0.6 is 0 Å².